The van der Waals surface area contributed by atoms with Crippen LogP contribution in [0, 0.1) is 20.8 Å². The highest BCUT2D eigenvalue weighted by Crippen LogP contribution is 2.40. The lowest BCUT2D eigenvalue weighted by Crippen LogP contribution is -1.84. The Morgan fingerprint density at radius 2 is 1.47 bits per heavy atom. The van der Waals surface area contributed by atoms with Crippen molar-refractivity contribution in [2.75, 3.05) is 0 Å². The molecule has 0 unspecified atom stereocenters. The summed E-state index contributed by atoms with van der Waals surface area (Å²) in [7, 11) is 0. The fourth-order valence-electron chi connectivity index (χ4n) is 2.28. The summed E-state index contributed by atoms with van der Waals surface area (Å²) < 4.78 is 2.84. The number of hydrogen-bond acceptors (Lipinski definition) is 2. The molecule has 86 valence electrons. The van der Waals surface area contributed by atoms with Crippen molar-refractivity contribution < 1.29 is 0 Å². The Morgan fingerprint density at radius 3 is 2.12 bits per heavy atom. The van der Waals surface area contributed by atoms with E-state index in [1.165, 1.54) is 35.8 Å². The summed E-state index contributed by atoms with van der Waals surface area (Å²) >= 11 is 3.80. The van der Waals surface area contributed by atoms with Crippen LogP contribution in [0.15, 0.2) is 30.3 Å². The van der Waals surface area contributed by atoms with Crippen LogP contribution in [0.3, 0.4) is 0 Å². The van der Waals surface area contributed by atoms with Crippen molar-refractivity contribution in [1.82, 2.24) is 0 Å². The summed E-state index contributed by atoms with van der Waals surface area (Å²) in [6.45, 7) is 6.57. The summed E-state index contributed by atoms with van der Waals surface area (Å²) in [5.74, 6) is 0. The van der Waals surface area contributed by atoms with E-state index in [9.17, 15) is 0 Å². The van der Waals surface area contributed by atoms with Crippen LogP contribution in [0.4, 0.5) is 0 Å². The van der Waals surface area contributed by atoms with Crippen LogP contribution in [0.2, 0.25) is 0 Å². The number of aryl methyl sites for hydroxylation is 3. The normalized spacial score (nSPS) is 11.2. The van der Waals surface area contributed by atoms with E-state index in [0.717, 1.165) is 0 Å². The Balaban J connectivity index is 2.23. The number of fused-ring (bicyclic) bond motifs is 1. The summed E-state index contributed by atoms with van der Waals surface area (Å²) in [6, 6.07) is 11.2. The third kappa shape index (κ3) is 1.81. The molecule has 3 rings (SSSR count). The first-order valence-corrected chi connectivity index (χ1v) is 7.35. The van der Waals surface area contributed by atoms with Crippen LogP contribution in [0.1, 0.15) is 16.0 Å². The van der Waals surface area contributed by atoms with Crippen molar-refractivity contribution in [3.8, 4) is 10.4 Å². The molecule has 0 atom stereocenters. The average Bonchev–Trinajstić information content (AvgIpc) is 2.74. The highest BCUT2D eigenvalue weighted by molar-refractivity contribution is 7.29. The first kappa shape index (κ1) is 11.0. The van der Waals surface area contributed by atoms with E-state index in [2.05, 4.69) is 51.1 Å². The first-order valence-electron chi connectivity index (χ1n) is 5.72. The van der Waals surface area contributed by atoms with E-state index in [0.29, 0.717) is 0 Å². The molecule has 2 heteroatoms. The molecule has 2 aromatic heterocycles. The molecule has 0 fully saturated rings. The number of hydrogen-bond donors (Lipinski definition) is 0. The molecule has 17 heavy (non-hydrogen) atoms. The highest BCUT2D eigenvalue weighted by Gasteiger charge is 2.10. The zero-order valence-corrected chi connectivity index (χ0v) is 11.8. The van der Waals surface area contributed by atoms with Crippen molar-refractivity contribution in [1.29, 1.82) is 0 Å². The molecule has 0 bridgehead atoms. The Kier molecular flexibility index (Phi) is 2.57. The third-order valence-electron chi connectivity index (χ3n) is 3.06. The third-order valence-corrected chi connectivity index (χ3v) is 5.28. The molecule has 0 aliphatic carbocycles. The number of benzene rings is 1. The SMILES string of the molecule is Cc1cc2sc(-c3c(C)cccc3C)cc2s1. The maximum atomic E-state index is 2.34. The summed E-state index contributed by atoms with van der Waals surface area (Å²) in [5.41, 5.74) is 4.16. The highest BCUT2D eigenvalue weighted by atomic mass is 32.1. The minimum Gasteiger partial charge on any atom is -0.140 e. The molecular weight excluding hydrogens is 244 g/mol. The molecular formula is C15H14S2. The molecule has 3 aromatic rings. The molecule has 0 spiro atoms. The van der Waals surface area contributed by atoms with E-state index in [1.807, 2.05) is 22.7 Å². The van der Waals surface area contributed by atoms with E-state index in [-0.39, 0.29) is 0 Å². The molecule has 0 saturated heterocycles. The predicted molar refractivity (Wildman–Crippen MR) is 79.3 cm³/mol. The van der Waals surface area contributed by atoms with Gasteiger partial charge in [-0.25, -0.2) is 0 Å². The number of rotatable bonds is 1. The molecule has 0 saturated carbocycles. The average molecular weight is 258 g/mol. The largest absolute Gasteiger partial charge is 0.140 e. The standard InChI is InChI=1S/C15H14S2/c1-9-5-4-6-10(2)15(9)14-8-13-12(17-14)7-11(3)16-13/h4-8H,1-3H3. The van der Waals surface area contributed by atoms with Gasteiger partial charge in [0.15, 0.2) is 0 Å². The molecule has 0 radical (unpaired) electrons. The van der Waals surface area contributed by atoms with Gasteiger partial charge < -0.3 is 0 Å². The summed E-state index contributed by atoms with van der Waals surface area (Å²) in [6.07, 6.45) is 0. The lowest BCUT2D eigenvalue weighted by Gasteiger charge is -2.06. The minimum absolute atomic E-state index is 1.37. The van der Waals surface area contributed by atoms with Gasteiger partial charge in [-0.1, -0.05) is 18.2 Å². The molecule has 0 aliphatic heterocycles. The molecule has 1 aromatic carbocycles. The van der Waals surface area contributed by atoms with Gasteiger partial charge in [-0.3, -0.25) is 0 Å². The molecule has 0 aliphatic rings. The van der Waals surface area contributed by atoms with Gasteiger partial charge in [0.05, 0.1) is 0 Å². The van der Waals surface area contributed by atoms with Crippen molar-refractivity contribution in [3.05, 3.63) is 46.3 Å². The van der Waals surface area contributed by atoms with E-state index >= 15 is 0 Å². The second kappa shape index (κ2) is 3.97. The van der Waals surface area contributed by atoms with Gasteiger partial charge in [0, 0.05) is 19.2 Å². The Morgan fingerprint density at radius 1 is 0.824 bits per heavy atom. The van der Waals surface area contributed by atoms with Gasteiger partial charge in [-0.05, 0) is 49.6 Å². The quantitative estimate of drug-likeness (QED) is 0.536. The van der Waals surface area contributed by atoms with Gasteiger partial charge in [-0.2, -0.15) is 0 Å². The van der Waals surface area contributed by atoms with Gasteiger partial charge in [0.25, 0.3) is 0 Å². The molecule has 0 amide bonds. The van der Waals surface area contributed by atoms with Crippen LogP contribution in [-0.4, -0.2) is 0 Å². The Hall–Kier alpha value is -1.12. The van der Waals surface area contributed by atoms with E-state index in [4.69, 9.17) is 0 Å². The lowest BCUT2D eigenvalue weighted by atomic mass is 10.0. The monoisotopic (exact) mass is 258 g/mol. The predicted octanol–water partition coefficient (Wildman–Crippen LogP) is 5.56. The van der Waals surface area contributed by atoms with Gasteiger partial charge in [0.2, 0.25) is 0 Å². The summed E-state index contributed by atoms with van der Waals surface area (Å²) in [4.78, 5) is 2.81. The smallest absolute Gasteiger partial charge is 0.0459 e. The molecule has 0 N–H and O–H groups in total. The van der Waals surface area contributed by atoms with Crippen molar-refractivity contribution in [3.63, 3.8) is 0 Å². The van der Waals surface area contributed by atoms with Crippen LogP contribution in [0.25, 0.3) is 19.8 Å². The zero-order valence-electron chi connectivity index (χ0n) is 10.2. The fraction of sp³-hybridized carbons (Fsp3) is 0.200. The van der Waals surface area contributed by atoms with Crippen LogP contribution >= 0.6 is 22.7 Å². The lowest BCUT2D eigenvalue weighted by molar-refractivity contribution is 1.39. The zero-order chi connectivity index (χ0) is 12.0. The van der Waals surface area contributed by atoms with Crippen molar-refractivity contribution in [2.24, 2.45) is 0 Å². The van der Waals surface area contributed by atoms with Crippen molar-refractivity contribution in [2.45, 2.75) is 20.8 Å². The molecule has 2 heterocycles. The Labute approximate surface area is 110 Å². The van der Waals surface area contributed by atoms with Crippen LogP contribution in [-0.2, 0) is 0 Å². The van der Waals surface area contributed by atoms with Gasteiger partial charge >= 0.3 is 0 Å². The topological polar surface area (TPSA) is 0 Å². The maximum absolute atomic E-state index is 2.34. The first-order chi connectivity index (χ1) is 8.15. The van der Waals surface area contributed by atoms with Crippen molar-refractivity contribution >= 4 is 32.1 Å². The van der Waals surface area contributed by atoms with E-state index < -0.39 is 0 Å². The molecule has 0 nitrogen and oxygen atoms in total. The fourth-order valence-corrected chi connectivity index (χ4v) is 4.77. The second-order valence-corrected chi connectivity index (χ2v) is 6.83. The second-order valence-electron chi connectivity index (χ2n) is 4.46. The van der Waals surface area contributed by atoms with Gasteiger partial charge in [-0.15, -0.1) is 22.7 Å². The minimum atomic E-state index is 1.37. The summed E-state index contributed by atoms with van der Waals surface area (Å²) in [5, 5.41) is 0. The van der Waals surface area contributed by atoms with Crippen LogP contribution in [0.5, 0.6) is 0 Å². The van der Waals surface area contributed by atoms with Gasteiger partial charge in [0.1, 0.15) is 0 Å². The van der Waals surface area contributed by atoms with E-state index in [1.54, 1.807) is 0 Å². The maximum Gasteiger partial charge on any atom is 0.0459 e. The number of thiophene rings is 2. The Bertz CT molecular complexity index is 634. The van der Waals surface area contributed by atoms with Crippen LogP contribution < -0.4 is 0 Å².